The van der Waals surface area contributed by atoms with Crippen molar-refractivity contribution in [2.24, 2.45) is 0 Å². The Balaban J connectivity index is 2.17. The van der Waals surface area contributed by atoms with Gasteiger partial charge in [-0.1, -0.05) is 33.1 Å². The fourth-order valence-electron chi connectivity index (χ4n) is 2.04. The van der Waals surface area contributed by atoms with E-state index in [0.29, 0.717) is 0 Å². The van der Waals surface area contributed by atoms with E-state index >= 15 is 0 Å². The number of hydrogen-bond donors (Lipinski definition) is 1. The third-order valence-electron chi connectivity index (χ3n) is 3.12. The summed E-state index contributed by atoms with van der Waals surface area (Å²) < 4.78 is 3.57. The number of aromatic nitrogens is 2. The Labute approximate surface area is 110 Å². The van der Waals surface area contributed by atoms with Gasteiger partial charge >= 0.3 is 5.69 Å². The highest BCUT2D eigenvalue weighted by Crippen LogP contribution is 1.96. The summed E-state index contributed by atoms with van der Waals surface area (Å²) in [4.78, 5) is 11.9. The molecule has 0 aromatic carbocycles. The monoisotopic (exact) mass is 253 g/mol. The van der Waals surface area contributed by atoms with E-state index in [-0.39, 0.29) is 5.69 Å². The predicted molar refractivity (Wildman–Crippen MR) is 76.0 cm³/mol. The van der Waals surface area contributed by atoms with Crippen molar-refractivity contribution in [3.63, 3.8) is 0 Å². The fourth-order valence-corrected chi connectivity index (χ4v) is 2.04. The molecule has 0 aliphatic heterocycles. The van der Waals surface area contributed by atoms with Crippen LogP contribution < -0.4 is 11.0 Å². The van der Waals surface area contributed by atoms with Gasteiger partial charge in [-0.2, -0.15) is 0 Å². The van der Waals surface area contributed by atoms with Gasteiger partial charge < -0.3 is 5.32 Å². The zero-order valence-electron chi connectivity index (χ0n) is 11.8. The van der Waals surface area contributed by atoms with Crippen molar-refractivity contribution in [1.82, 2.24) is 14.5 Å². The molecule has 0 bridgehead atoms. The van der Waals surface area contributed by atoms with Crippen molar-refractivity contribution in [3.05, 3.63) is 22.9 Å². The summed E-state index contributed by atoms with van der Waals surface area (Å²) in [6, 6.07) is 0. The second-order valence-electron chi connectivity index (χ2n) is 4.78. The molecule has 0 saturated heterocycles. The number of hydrogen-bond acceptors (Lipinski definition) is 2. The van der Waals surface area contributed by atoms with Gasteiger partial charge in [0.15, 0.2) is 0 Å². The molecule has 0 fully saturated rings. The molecule has 0 atom stereocenters. The van der Waals surface area contributed by atoms with E-state index in [4.69, 9.17) is 0 Å². The van der Waals surface area contributed by atoms with Crippen molar-refractivity contribution in [1.29, 1.82) is 0 Å². The smallest absolute Gasteiger partial charge is 0.315 e. The molecule has 0 spiro atoms. The Morgan fingerprint density at radius 1 is 0.944 bits per heavy atom. The van der Waals surface area contributed by atoms with Crippen LogP contribution in [-0.4, -0.2) is 22.2 Å². The number of nitrogens with one attached hydrogen (secondary N) is 1. The molecule has 0 aliphatic rings. The van der Waals surface area contributed by atoms with Crippen LogP contribution in [0, 0.1) is 0 Å². The van der Waals surface area contributed by atoms with Gasteiger partial charge in [0.1, 0.15) is 0 Å². The molecular formula is C14H27N3O. The van der Waals surface area contributed by atoms with E-state index in [1.807, 2.05) is 12.4 Å². The van der Waals surface area contributed by atoms with Crippen LogP contribution in [0.3, 0.4) is 0 Å². The molecule has 4 nitrogen and oxygen atoms in total. The van der Waals surface area contributed by atoms with E-state index in [1.54, 1.807) is 9.13 Å². The molecule has 0 aliphatic carbocycles. The van der Waals surface area contributed by atoms with Gasteiger partial charge in [0, 0.05) is 32.0 Å². The Morgan fingerprint density at radius 3 is 2.33 bits per heavy atom. The highest BCUT2D eigenvalue weighted by atomic mass is 16.1. The van der Waals surface area contributed by atoms with E-state index in [1.165, 1.54) is 25.7 Å². The van der Waals surface area contributed by atoms with E-state index in [2.05, 4.69) is 19.2 Å². The van der Waals surface area contributed by atoms with Crippen LogP contribution in [0.1, 0.15) is 46.0 Å². The van der Waals surface area contributed by atoms with E-state index in [0.717, 1.165) is 32.6 Å². The summed E-state index contributed by atoms with van der Waals surface area (Å²) in [5, 5.41) is 3.39. The molecule has 0 saturated carbocycles. The number of imidazole rings is 1. The van der Waals surface area contributed by atoms with Crippen molar-refractivity contribution < 1.29 is 0 Å². The maximum absolute atomic E-state index is 11.9. The van der Waals surface area contributed by atoms with E-state index in [9.17, 15) is 4.79 Å². The van der Waals surface area contributed by atoms with E-state index < -0.39 is 0 Å². The van der Waals surface area contributed by atoms with Crippen LogP contribution in [0.5, 0.6) is 0 Å². The SMILES string of the molecule is CCCCCCNCCn1ccn(CCC)c1=O. The minimum atomic E-state index is 0.115. The number of unbranched alkanes of at least 4 members (excludes halogenated alkanes) is 3. The Morgan fingerprint density at radius 2 is 1.67 bits per heavy atom. The van der Waals surface area contributed by atoms with Crippen LogP contribution in [0.4, 0.5) is 0 Å². The summed E-state index contributed by atoms with van der Waals surface area (Å²) >= 11 is 0. The first kappa shape index (κ1) is 15.0. The van der Waals surface area contributed by atoms with Crippen molar-refractivity contribution in [3.8, 4) is 0 Å². The van der Waals surface area contributed by atoms with Crippen molar-refractivity contribution >= 4 is 0 Å². The first-order valence-corrected chi connectivity index (χ1v) is 7.25. The molecular weight excluding hydrogens is 226 g/mol. The van der Waals surface area contributed by atoms with Gasteiger partial charge in [-0.15, -0.1) is 0 Å². The number of aryl methyl sites for hydroxylation is 1. The normalized spacial score (nSPS) is 11.0. The lowest BCUT2D eigenvalue weighted by molar-refractivity contribution is 0.543. The lowest BCUT2D eigenvalue weighted by Gasteiger charge is -2.05. The third-order valence-corrected chi connectivity index (χ3v) is 3.12. The second-order valence-corrected chi connectivity index (χ2v) is 4.78. The minimum Gasteiger partial charge on any atom is -0.315 e. The summed E-state index contributed by atoms with van der Waals surface area (Å²) in [7, 11) is 0. The highest BCUT2D eigenvalue weighted by Gasteiger charge is 2.01. The minimum absolute atomic E-state index is 0.115. The zero-order chi connectivity index (χ0) is 13.2. The molecule has 0 amide bonds. The predicted octanol–water partition coefficient (Wildman–Crippen LogP) is 2.23. The average Bonchev–Trinajstić information content (AvgIpc) is 2.71. The van der Waals surface area contributed by atoms with Gasteiger partial charge in [-0.3, -0.25) is 9.13 Å². The van der Waals surface area contributed by atoms with Crippen molar-refractivity contribution in [2.75, 3.05) is 13.1 Å². The van der Waals surface area contributed by atoms with Crippen LogP contribution >= 0.6 is 0 Å². The molecule has 1 aromatic rings. The second kappa shape index (κ2) is 8.97. The van der Waals surface area contributed by atoms with Gasteiger partial charge in [0.25, 0.3) is 0 Å². The summed E-state index contributed by atoms with van der Waals surface area (Å²) in [5.74, 6) is 0. The summed E-state index contributed by atoms with van der Waals surface area (Å²) in [6.45, 7) is 7.83. The average molecular weight is 253 g/mol. The summed E-state index contributed by atoms with van der Waals surface area (Å²) in [5.41, 5.74) is 0.115. The molecule has 1 N–H and O–H groups in total. The molecule has 104 valence electrons. The highest BCUT2D eigenvalue weighted by molar-refractivity contribution is 4.81. The van der Waals surface area contributed by atoms with Gasteiger partial charge in [-0.25, -0.2) is 4.79 Å². The van der Waals surface area contributed by atoms with Gasteiger partial charge in [-0.05, 0) is 19.4 Å². The van der Waals surface area contributed by atoms with Crippen molar-refractivity contribution in [2.45, 2.75) is 59.0 Å². The maximum atomic E-state index is 11.9. The molecule has 0 radical (unpaired) electrons. The molecule has 1 heterocycles. The first-order valence-electron chi connectivity index (χ1n) is 7.25. The zero-order valence-corrected chi connectivity index (χ0v) is 11.8. The standard InChI is InChI=1S/C14H27N3O/c1-3-5-6-7-8-15-9-11-17-13-12-16(10-4-2)14(17)18/h12-13,15H,3-11H2,1-2H3. The van der Waals surface area contributed by atoms with Gasteiger partial charge in [0.2, 0.25) is 0 Å². The Hall–Kier alpha value is -1.03. The lowest BCUT2D eigenvalue weighted by Crippen LogP contribution is -2.28. The van der Waals surface area contributed by atoms with Crippen LogP contribution in [-0.2, 0) is 13.1 Å². The number of nitrogens with zero attached hydrogens (tertiary/aromatic N) is 2. The Bertz CT molecular complexity index is 367. The largest absolute Gasteiger partial charge is 0.328 e. The maximum Gasteiger partial charge on any atom is 0.328 e. The molecule has 4 heteroatoms. The topological polar surface area (TPSA) is 39.0 Å². The fraction of sp³-hybridized carbons (Fsp3) is 0.786. The van der Waals surface area contributed by atoms with Gasteiger partial charge in [0.05, 0.1) is 0 Å². The lowest BCUT2D eigenvalue weighted by atomic mass is 10.2. The quantitative estimate of drug-likeness (QED) is 0.649. The molecule has 0 unspecified atom stereocenters. The van der Waals surface area contributed by atoms with Crippen LogP contribution in [0.2, 0.25) is 0 Å². The Kier molecular flexibility index (Phi) is 7.49. The number of rotatable bonds is 10. The van der Waals surface area contributed by atoms with Crippen LogP contribution in [0.15, 0.2) is 17.2 Å². The summed E-state index contributed by atoms with van der Waals surface area (Å²) in [6.07, 6.45) is 9.90. The third kappa shape index (κ3) is 5.08. The molecule has 1 rings (SSSR count). The van der Waals surface area contributed by atoms with Crippen LogP contribution in [0.25, 0.3) is 0 Å². The molecule has 1 aromatic heterocycles. The first-order chi connectivity index (χ1) is 8.79. The molecule has 18 heavy (non-hydrogen) atoms.